The molecule has 0 radical (unpaired) electrons. The Labute approximate surface area is 161 Å². The molecular formula is C23H27N3O. The minimum atomic E-state index is -0.104. The number of hydrogen-bond acceptors (Lipinski definition) is 2. The van der Waals surface area contributed by atoms with Crippen LogP contribution in [0.4, 0.5) is 0 Å². The second-order valence-electron chi connectivity index (χ2n) is 7.24. The van der Waals surface area contributed by atoms with Gasteiger partial charge in [-0.3, -0.25) is 4.79 Å². The quantitative estimate of drug-likeness (QED) is 0.696. The number of carbonyl (C=O) groups excluding carboxylic acids is 1. The van der Waals surface area contributed by atoms with Crippen molar-refractivity contribution in [2.45, 2.75) is 47.1 Å². The van der Waals surface area contributed by atoms with Crippen molar-refractivity contribution in [1.29, 1.82) is 0 Å². The third-order valence-electron chi connectivity index (χ3n) is 5.01. The average Bonchev–Trinajstić information content (AvgIpc) is 3.10. The van der Waals surface area contributed by atoms with Gasteiger partial charge in [0.05, 0.1) is 11.4 Å². The molecule has 1 atom stereocenters. The Bertz CT molecular complexity index is 954. The monoisotopic (exact) mass is 361 g/mol. The van der Waals surface area contributed by atoms with Crippen LogP contribution in [0, 0.1) is 20.8 Å². The number of amides is 1. The molecule has 140 valence electrons. The molecule has 1 unspecified atom stereocenters. The van der Waals surface area contributed by atoms with Crippen LogP contribution in [0.5, 0.6) is 0 Å². The van der Waals surface area contributed by atoms with E-state index in [1.54, 1.807) is 4.68 Å². The second kappa shape index (κ2) is 7.78. The molecule has 0 aliphatic heterocycles. The standard InChI is InChI=1S/C23H27N3O/c1-6-18(5)24-23(27)22-14-21(19-10-9-16(3)17(4)13-19)25-26(22)20-11-7-15(2)8-12-20/h7-14,18H,6H2,1-5H3,(H,24,27). The van der Waals surface area contributed by atoms with Crippen LogP contribution in [0.15, 0.2) is 48.5 Å². The predicted molar refractivity (Wildman–Crippen MR) is 110 cm³/mol. The summed E-state index contributed by atoms with van der Waals surface area (Å²) in [6.07, 6.45) is 0.883. The molecule has 4 nitrogen and oxygen atoms in total. The Balaban J connectivity index is 2.09. The zero-order valence-electron chi connectivity index (χ0n) is 16.7. The SMILES string of the molecule is CCC(C)NC(=O)c1cc(-c2ccc(C)c(C)c2)nn1-c1ccc(C)cc1. The number of hydrogen-bond donors (Lipinski definition) is 1. The zero-order chi connectivity index (χ0) is 19.6. The molecule has 4 heteroatoms. The summed E-state index contributed by atoms with van der Waals surface area (Å²) >= 11 is 0. The Hall–Kier alpha value is -2.88. The van der Waals surface area contributed by atoms with E-state index in [0.29, 0.717) is 5.69 Å². The summed E-state index contributed by atoms with van der Waals surface area (Å²) in [4.78, 5) is 12.9. The van der Waals surface area contributed by atoms with Crippen LogP contribution < -0.4 is 5.32 Å². The molecule has 0 spiro atoms. The van der Waals surface area contributed by atoms with E-state index in [2.05, 4.69) is 44.3 Å². The maximum absolute atomic E-state index is 12.9. The molecule has 1 heterocycles. The molecule has 1 N–H and O–H groups in total. The number of aryl methyl sites for hydroxylation is 3. The van der Waals surface area contributed by atoms with Crippen molar-refractivity contribution in [2.24, 2.45) is 0 Å². The third-order valence-corrected chi connectivity index (χ3v) is 5.01. The van der Waals surface area contributed by atoms with Gasteiger partial charge in [0.25, 0.3) is 5.91 Å². The molecule has 3 aromatic rings. The highest BCUT2D eigenvalue weighted by Gasteiger charge is 2.19. The molecule has 0 aliphatic carbocycles. The summed E-state index contributed by atoms with van der Waals surface area (Å²) in [5.74, 6) is -0.104. The zero-order valence-corrected chi connectivity index (χ0v) is 16.7. The van der Waals surface area contributed by atoms with Crippen LogP contribution in [0.25, 0.3) is 16.9 Å². The molecule has 1 aromatic heterocycles. The highest BCUT2D eigenvalue weighted by Crippen LogP contribution is 2.24. The van der Waals surface area contributed by atoms with Crippen LogP contribution in [0.3, 0.4) is 0 Å². The molecule has 0 saturated heterocycles. The Morgan fingerprint density at radius 3 is 2.37 bits per heavy atom. The first kappa shape index (κ1) is 18.9. The minimum absolute atomic E-state index is 0.104. The van der Waals surface area contributed by atoms with Gasteiger partial charge >= 0.3 is 0 Å². The third kappa shape index (κ3) is 4.11. The second-order valence-corrected chi connectivity index (χ2v) is 7.24. The summed E-state index contributed by atoms with van der Waals surface area (Å²) in [6, 6.07) is 16.3. The van der Waals surface area contributed by atoms with Gasteiger partial charge in [0.1, 0.15) is 5.69 Å². The van der Waals surface area contributed by atoms with E-state index >= 15 is 0 Å². The fourth-order valence-corrected chi connectivity index (χ4v) is 2.87. The number of rotatable bonds is 5. The Morgan fingerprint density at radius 1 is 1.04 bits per heavy atom. The maximum Gasteiger partial charge on any atom is 0.270 e. The van der Waals surface area contributed by atoms with Gasteiger partial charge in [-0.15, -0.1) is 0 Å². The summed E-state index contributed by atoms with van der Waals surface area (Å²) in [5.41, 5.74) is 6.87. The summed E-state index contributed by atoms with van der Waals surface area (Å²) in [5, 5.41) is 7.81. The van der Waals surface area contributed by atoms with Gasteiger partial charge in [-0.2, -0.15) is 5.10 Å². The van der Waals surface area contributed by atoms with Crippen molar-refractivity contribution in [3.05, 3.63) is 70.9 Å². The first-order valence-corrected chi connectivity index (χ1v) is 9.44. The van der Waals surface area contributed by atoms with Gasteiger partial charge in [-0.1, -0.05) is 36.8 Å². The summed E-state index contributed by atoms with van der Waals surface area (Å²) < 4.78 is 1.74. The smallest absolute Gasteiger partial charge is 0.270 e. The van der Waals surface area contributed by atoms with Crippen molar-refractivity contribution in [3.63, 3.8) is 0 Å². The highest BCUT2D eigenvalue weighted by molar-refractivity contribution is 5.94. The van der Waals surface area contributed by atoms with Gasteiger partial charge in [0.2, 0.25) is 0 Å². The largest absolute Gasteiger partial charge is 0.348 e. The molecule has 0 fully saturated rings. The number of aromatic nitrogens is 2. The van der Waals surface area contributed by atoms with E-state index in [1.807, 2.05) is 44.2 Å². The number of carbonyl (C=O) groups is 1. The van der Waals surface area contributed by atoms with E-state index in [9.17, 15) is 4.79 Å². The van der Waals surface area contributed by atoms with Gasteiger partial charge in [0, 0.05) is 11.6 Å². The summed E-state index contributed by atoms with van der Waals surface area (Å²) in [6.45, 7) is 10.3. The number of benzene rings is 2. The number of nitrogens with one attached hydrogen (secondary N) is 1. The molecule has 2 aromatic carbocycles. The lowest BCUT2D eigenvalue weighted by molar-refractivity contribution is 0.0931. The van der Waals surface area contributed by atoms with Crippen molar-refractivity contribution in [3.8, 4) is 16.9 Å². The average molecular weight is 361 g/mol. The predicted octanol–water partition coefficient (Wildman–Crippen LogP) is 4.99. The van der Waals surface area contributed by atoms with E-state index < -0.39 is 0 Å². The molecule has 0 bridgehead atoms. The van der Waals surface area contributed by atoms with Crippen LogP contribution in [-0.4, -0.2) is 21.7 Å². The van der Waals surface area contributed by atoms with Gasteiger partial charge in [-0.25, -0.2) is 4.68 Å². The summed E-state index contributed by atoms with van der Waals surface area (Å²) in [7, 11) is 0. The van der Waals surface area contributed by atoms with Crippen molar-refractivity contribution >= 4 is 5.91 Å². The normalized spacial score (nSPS) is 12.0. The van der Waals surface area contributed by atoms with E-state index in [4.69, 9.17) is 5.10 Å². The van der Waals surface area contributed by atoms with Gasteiger partial charge in [0.15, 0.2) is 0 Å². The lowest BCUT2D eigenvalue weighted by atomic mass is 10.0. The molecule has 0 saturated carbocycles. The van der Waals surface area contributed by atoms with E-state index in [1.165, 1.54) is 16.7 Å². The van der Waals surface area contributed by atoms with Crippen LogP contribution in [0.1, 0.15) is 47.4 Å². The maximum atomic E-state index is 12.9. The van der Waals surface area contributed by atoms with Crippen LogP contribution >= 0.6 is 0 Å². The van der Waals surface area contributed by atoms with Crippen molar-refractivity contribution < 1.29 is 4.79 Å². The molecule has 3 rings (SSSR count). The molecular weight excluding hydrogens is 334 g/mol. The van der Waals surface area contributed by atoms with Crippen LogP contribution in [0.2, 0.25) is 0 Å². The first-order chi connectivity index (χ1) is 12.9. The fourth-order valence-electron chi connectivity index (χ4n) is 2.87. The first-order valence-electron chi connectivity index (χ1n) is 9.44. The lowest BCUT2D eigenvalue weighted by Gasteiger charge is -2.12. The Morgan fingerprint density at radius 2 is 1.74 bits per heavy atom. The van der Waals surface area contributed by atoms with Crippen LogP contribution in [-0.2, 0) is 0 Å². The number of nitrogens with zero attached hydrogens (tertiary/aromatic N) is 2. The van der Waals surface area contributed by atoms with E-state index in [0.717, 1.165) is 23.4 Å². The Kier molecular flexibility index (Phi) is 5.45. The molecule has 1 amide bonds. The topological polar surface area (TPSA) is 46.9 Å². The minimum Gasteiger partial charge on any atom is -0.348 e. The lowest BCUT2D eigenvalue weighted by Crippen LogP contribution is -2.33. The van der Waals surface area contributed by atoms with Gasteiger partial charge in [-0.05, 0) is 69.5 Å². The van der Waals surface area contributed by atoms with Crippen molar-refractivity contribution in [1.82, 2.24) is 15.1 Å². The molecule has 0 aliphatic rings. The fraction of sp³-hybridized carbons (Fsp3) is 0.304. The highest BCUT2D eigenvalue weighted by atomic mass is 16.2. The molecule has 27 heavy (non-hydrogen) atoms. The van der Waals surface area contributed by atoms with Gasteiger partial charge < -0.3 is 5.32 Å². The van der Waals surface area contributed by atoms with Crippen molar-refractivity contribution in [2.75, 3.05) is 0 Å². The van der Waals surface area contributed by atoms with E-state index in [-0.39, 0.29) is 11.9 Å².